The summed E-state index contributed by atoms with van der Waals surface area (Å²) in [7, 11) is 0. The molecule has 0 saturated heterocycles. The lowest BCUT2D eigenvalue weighted by molar-refractivity contribution is -0.0978. The fourth-order valence-electron chi connectivity index (χ4n) is 1.17. The van der Waals surface area contributed by atoms with Gasteiger partial charge in [0.25, 0.3) is 5.92 Å². The Labute approximate surface area is 85.8 Å². The lowest BCUT2D eigenvalue weighted by atomic mass is 10.1. The van der Waals surface area contributed by atoms with E-state index in [-0.39, 0.29) is 12.5 Å². The Morgan fingerprint density at radius 2 is 1.79 bits per heavy atom. The van der Waals surface area contributed by atoms with E-state index in [1.807, 2.05) is 0 Å². The SMILES string of the molecule is CCCCCCC(F)(F)COC(C)C. The number of alkyl halides is 2. The number of halogens is 2. The van der Waals surface area contributed by atoms with Gasteiger partial charge in [0.2, 0.25) is 0 Å². The lowest BCUT2D eigenvalue weighted by Crippen LogP contribution is -2.25. The molecule has 0 aromatic heterocycles. The van der Waals surface area contributed by atoms with Crippen LogP contribution in [0.15, 0.2) is 0 Å². The standard InChI is InChI=1S/C11H22F2O/c1-4-5-6-7-8-11(12,13)9-14-10(2)3/h10H,4-9H2,1-3H3. The van der Waals surface area contributed by atoms with Crippen LogP contribution in [0.5, 0.6) is 0 Å². The van der Waals surface area contributed by atoms with E-state index in [1.165, 1.54) is 0 Å². The first kappa shape index (κ1) is 13.8. The number of ether oxygens (including phenoxy) is 1. The summed E-state index contributed by atoms with van der Waals surface area (Å²) in [6.07, 6.45) is 3.46. The second-order valence-corrected chi connectivity index (χ2v) is 4.03. The first-order valence-electron chi connectivity index (χ1n) is 5.47. The van der Waals surface area contributed by atoms with Crippen LogP contribution in [0.3, 0.4) is 0 Å². The molecule has 0 aromatic carbocycles. The summed E-state index contributed by atoms with van der Waals surface area (Å²) in [5.74, 6) is -2.64. The van der Waals surface area contributed by atoms with Crippen molar-refractivity contribution in [2.45, 2.75) is 64.9 Å². The van der Waals surface area contributed by atoms with Gasteiger partial charge in [-0.3, -0.25) is 0 Å². The highest BCUT2D eigenvalue weighted by atomic mass is 19.3. The fourth-order valence-corrected chi connectivity index (χ4v) is 1.17. The largest absolute Gasteiger partial charge is 0.373 e. The zero-order chi connectivity index (χ0) is 11.0. The van der Waals surface area contributed by atoms with Gasteiger partial charge in [-0.15, -0.1) is 0 Å². The molecule has 0 saturated carbocycles. The van der Waals surface area contributed by atoms with Crippen molar-refractivity contribution in [2.24, 2.45) is 0 Å². The third-order valence-corrected chi connectivity index (χ3v) is 2.02. The van der Waals surface area contributed by atoms with Gasteiger partial charge in [0, 0.05) is 6.42 Å². The number of hydrogen-bond acceptors (Lipinski definition) is 1. The van der Waals surface area contributed by atoms with E-state index in [4.69, 9.17) is 4.74 Å². The Hall–Kier alpha value is -0.180. The van der Waals surface area contributed by atoms with Crippen molar-refractivity contribution < 1.29 is 13.5 Å². The first-order chi connectivity index (χ1) is 6.48. The van der Waals surface area contributed by atoms with E-state index in [0.717, 1.165) is 19.3 Å². The highest BCUT2D eigenvalue weighted by Crippen LogP contribution is 2.22. The molecular weight excluding hydrogens is 186 g/mol. The van der Waals surface area contributed by atoms with Gasteiger partial charge in [-0.25, -0.2) is 8.78 Å². The molecule has 0 heterocycles. The summed E-state index contributed by atoms with van der Waals surface area (Å²) in [6, 6.07) is 0. The normalized spacial score (nSPS) is 12.4. The maximum Gasteiger partial charge on any atom is 0.271 e. The smallest absolute Gasteiger partial charge is 0.271 e. The molecule has 0 amide bonds. The number of hydrogen-bond donors (Lipinski definition) is 0. The maximum absolute atomic E-state index is 13.1. The zero-order valence-electron chi connectivity index (χ0n) is 9.48. The van der Waals surface area contributed by atoms with Crippen LogP contribution in [-0.4, -0.2) is 18.6 Å². The topological polar surface area (TPSA) is 9.23 Å². The van der Waals surface area contributed by atoms with Crippen molar-refractivity contribution in [3.8, 4) is 0 Å². The van der Waals surface area contributed by atoms with E-state index in [2.05, 4.69) is 6.92 Å². The van der Waals surface area contributed by atoms with Gasteiger partial charge in [0.15, 0.2) is 0 Å². The highest BCUT2D eigenvalue weighted by molar-refractivity contribution is 4.65. The van der Waals surface area contributed by atoms with Crippen LogP contribution in [-0.2, 0) is 4.74 Å². The second kappa shape index (κ2) is 7.16. The first-order valence-corrected chi connectivity index (χ1v) is 5.47. The minimum Gasteiger partial charge on any atom is -0.373 e. The van der Waals surface area contributed by atoms with Crippen molar-refractivity contribution >= 4 is 0 Å². The lowest BCUT2D eigenvalue weighted by Gasteiger charge is -2.17. The molecule has 0 fully saturated rings. The van der Waals surface area contributed by atoms with Crippen LogP contribution in [0.25, 0.3) is 0 Å². The van der Waals surface area contributed by atoms with Gasteiger partial charge in [0.1, 0.15) is 6.61 Å². The third kappa shape index (κ3) is 8.42. The van der Waals surface area contributed by atoms with Gasteiger partial charge in [-0.2, -0.15) is 0 Å². The van der Waals surface area contributed by atoms with Gasteiger partial charge >= 0.3 is 0 Å². The van der Waals surface area contributed by atoms with E-state index in [9.17, 15) is 8.78 Å². The van der Waals surface area contributed by atoms with Crippen LogP contribution in [0.1, 0.15) is 52.9 Å². The van der Waals surface area contributed by atoms with Crippen LogP contribution < -0.4 is 0 Å². The Bertz CT molecular complexity index is 135. The van der Waals surface area contributed by atoms with Crippen molar-refractivity contribution in [3.63, 3.8) is 0 Å². The number of unbranched alkanes of at least 4 members (excludes halogenated alkanes) is 3. The molecule has 0 spiro atoms. The fraction of sp³-hybridized carbons (Fsp3) is 1.00. The number of rotatable bonds is 8. The average molecular weight is 208 g/mol. The van der Waals surface area contributed by atoms with E-state index < -0.39 is 12.5 Å². The molecule has 3 heteroatoms. The molecule has 0 aliphatic carbocycles. The summed E-state index contributed by atoms with van der Waals surface area (Å²) in [6.45, 7) is 5.18. The predicted molar refractivity (Wildman–Crippen MR) is 54.8 cm³/mol. The molecule has 0 aliphatic rings. The summed E-state index contributed by atoms with van der Waals surface area (Å²) in [4.78, 5) is 0. The Balaban J connectivity index is 3.50. The van der Waals surface area contributed by atoms with Crippen molar-refractivity contribution in [1.29, 1.82) is 0 Å². The molecule has 86 valence electrons. The molecule has 0 unspecified atom stereocenters. The molecule has 0 aromatic rings. The monoisotopic (exact) mass is 208 g/mol. The molecule has 0 radical (unpaired) electrons. The van der Waals surface area contributed by atoms with Gasteiger partial charge in [-0.1, -0.05) is 26.2 Å². The van der Waals surface area contributed by atoms with Gasteiger partial charge < -0.3 is 4.74 Å². The van der Waals surface area contributed by atoms with Crippen LogP contribution in [0.2, 0.25) is 0 Å². The van der Waals surface area contributed by atoms with Gasteiger partial charge in [-0.05, 0) is 20.3 Å². The van der Waals surface area contributed by atoms with E-state index in [0.29, 0.717) is 6.42 Å². The molecule has 1 nitrogen and oxygen atoms in total. The maximum atomic E-state index is 13.1. The summed E-state index contributed by atoms with van der Waals surface area (Å²) < 4.78 is 31.1. The Morgan fingerprint density at radius 1 is 1.14 bits per heavy atom. The molecule has 0 bridgehead atoms. The zero-order valence-corrected chi connectivity index (χ0v) is 9.48. The van der Waals surface area contributed by atoms with Crippen LogP contribution in [0, 0.1) is 0 Å². The molecule has 0 atom stereocenters. The molecule has 0 rings (SSSR count). The third-order valence-electron chi connectivity index (χ3n) is 2.02. The predicted octanol–water partition coefficient (Wildman–Crippen LogP) is 4.02. The van der Waals surface area contributed by atoms with E-state index >= 15 is 0 Å². The molecule has 0 aliphatic heterocycles. The molecular formula is C11H22F2O. The summed E-state index contributed by atoms with van der Waals surface area (Å²) in [5.41, 5.74) is 0. The molecule has 14 heavy (non-hydrogen) atoms. The average Bonchev–Trinajstić information content (AvgIpc) is 2.10. The quantitative estimate of drug-likeness (QED) is 0.547. The molecule has 0 N–H and O–H groups in total. The van der Waals surface area contributed by atoms with Crippen molar-refractivity contribution in [3.05, 3.63) is 0 Å². The second-order valence-electron chi connectivity index (χ2n) is 4.03. The highest BCUT2D eigenvalue weighted by Gasteiger charge is 2.28. The van der Waals surface area contributed by atoms with Gasteiger partial charge in [0.05, 0.1) is 6.10 Å². The van der Waals surface area contributed by atoms with Crippen LogP contribution in [0.4, 0.5) is 8.78 Å². The summed E-state index contributed by atoms with van der Waals surface area (Å²) in [5, 5.41) is 0. The van der Waals surface area contributed by atoms with Crippen molar-refractivity contribution in [2.75, 3.05) is 6.61 Å². The Kier molecular flexibility index (Phi) is 7.06. The summed E-state index contributed by atoms with van der Waals surface area (Å²) >= 11 is 0. The van der Waals surface area contributed by atoms with Crippen molar-refractivity contribution in [1.82, 2.24) is 0 Å². The minimum atomic E-state index is -2.64. The minimum absolute atomic E-state index is 0.0419. The Morgan fingerprint density at radius 3 is 2.29 bits per heavy atom. The van der Waals surface area contributed by atoms with E-state index in [1.54, 1.807) is 13.8 Å². The van der Waals surface area contributed by atoms with Crippen LogP contribution >= 0.6 is 0 Å².